The van der Waals surface area contributed by atoms with Crippen LogP contribution >= 0.6 is 23.2 Å². The van der Waals surface area contributed by atoms with Crippen LogP contribution in [0, 0.1) is 0 Å². The second kappa shape index (κ2) is 5.23. The van der Waals surface area contributed by atoms with Crippen LogP contribution in [0.2, 0.25) is 10.0 Å². The topological polar surface area (TPSA) is 17.1 Å². The first-order chi connectivity index (χ1) is 7.76. The molecule has 0 spiro atoms. The van der Waals surface area contributed by atoms with Gasteiger partial charge in [-0.25, -0.2) is 8.78 Å². The van der Waals surface area contributed by atoms with E-state index in [0.717, 1.165) is 0 Å². The van der Waals surface area contributed by atoms with Gasteiger partial charge in [0.25, 0.3) is 0 Å². The maximum absolute atomic E-state index is 12.7. The van der Waals surface area contributed by atoms with Crippen molar-refractivity contribution in [1.29, 1.82) is 0 Å². The molecule has 1 aromatic rings. The zero-order valence-corrected chi connectivity index (χ0v) is 9.70. The van der Waals surface area contributed by atoms with Crippen molar-refractivity contribution in [1.82, 2.24) is 0 Å². The Kier molecular flexibility index (Phi) is 4.38. The molecule has 0 fully saturated rings. The Hall–Kier alpha value is -0.810. The van der Waals surface area contributed by atoms with Gasteiger partial charge < -0.3 is 0 Å². The van der Waals surface area contributed by atoms with Crippen LogP contribution in [0.25, 0.3) is 0 Å². The van der Waals surface area contributed by atoms with Crippen molar-refractivity contribution in [3.05, 3.63) is 33.8 Å². The van der Waals surface area contributed by atoms with Gasteiger partial charge in [0.15, 0.2) is 0 Å². The van der Waals surface area contributed by atoms with Crippen LogP contribution in [0.1, 0.15) is 5.56 Å². The Morgan fingerprint density at radius 1 is 1.29 bits per heavy atom. The Bertz CT molecular complexity index is 434. The molecule has 0 atom stereocenters. The molecule has 0 heterocycles. The summed E-state index contributed by atoms with van der Waals surface area (Å²) in [6.45, 7) is 0. The van der Waals surface area contributed by atoms with Crippen molar-refractivity contribution in [2.45, 2.75) is 18.8 Å². The minimum absolute atomic E-state index is 0.00973. The van der Waals surface area contributed by atoms with E-state index in [0.29, 0.717) is 0 Å². The molecule has 0 bridgehead atoms. The number of hydrogen-bond donors (Lipinski definition) is 0. The number of benzene rings is 1. The minimum Gasteiger partial charge on any atom is -0.292 e. The van der Waals surface area contributed by atoms with Gasteiger partial charge in [-0.15, -0.1) is 0 Å². The molecule has 0 amide bonds. The number of ketones is 1. The number of carbonyl (C=O) groups is 1. The van der Waals surface area contributed by atoms with E-state index in [1.165, 1.54) is 18.2 Å². The van der Waals surface area contributed by atoms with Crippen molar-refractivity contribution >= 4 is 29.0 Å². The van der Waals surface area contributed by atoms with Gasteiger partial charge in [0.05, 0.1) is 10.0 Å². The summed E-state index contributed by atoms with van der Waals surface area (Å²) < 4.78 is 49.2. The van der Waals surface area contributed by atoms with Gasteiger partial charge in [-0.3, -0.25) is 4.79 Å². The van der Waals surface area contributed by atoms with Crippen molar-refractivity contribution in [2.24, 2.45) is 0 Å². The van der Waals surface area contributed by atoms with Crippen LogP contribution in [-0.4, -0.2) is 18.1 Å². The van der Waals surface area contributed by atoms with Gasteiger partial charge in [-0.05, 0) is 11.6 Å². The average Bonchev–Trinajstić information content (AvgIpc) is 2.24. The summed E-state index contributed by atoms with van der Waals surface area (Å²) in [6.07, 6.45) is -4.93. The summed E-state index contributed by atoms with van der Waals surface area (Å²) in [7, 11) is 0. The highest BCUT2D eigenvalue weighted by Crippen LogP contribution is 2.30. The lowest BCUT2D eigenvalue weighted by atomic mass is 10.0. The zero-order chi connectivity index (χ0) is 13.2. The second-order valence-corrected chi connectivity index (χ2v) is 4.02. The normalized spacial score (nSPS) is 11.9. The van der Waals surface area contributed by atoms with Crippen molar-refractivity contribution in [2.75, 3.05) is 0 Å². The molecule has 0 aromatic heterocycles. The maximum atomic E-state index is 12.7. The van der Waals surface area contributed by atoms with Crippen molar-refractivity contribution in [3.8, 4) is 0 Å². The molecular weight excluding hydrogens is 283 g/mol. The number of Topliss-reactive ketones (excluding diaryl/α,β-unsaturated/α-hetero) is 1. The first kappa shape index (κ1) is 14.3. The SMILES string of the molecule is O=C(Cc1cccc(Cl)c1Cl)C(F)(F)C(F)F. The minimum atomic E-state index is -4.67. The molecule has 0 aliphatic heterocycles. The van der Waals surface area contributed by atoms with Crippen molar-refractivity contribution in [3.63, 3.8) is 0 Å². The lowest BCUT2D eigenvalue weighted by Gasteiger charge is -2.14. The number of hydrogen-bond acceptors (Lipinski definition) is 1. The molecule has 1 rings (SSSR count). The fraction of sp³-hybridized carbons (Fsp3) is 0.300. The largest absolute Gasteiger partial charge is 0.364 e. The van der Waals surface area contributed by atoms with Crippen molar-refractivity contribution < 1.29 is 22.4 Å². The molecule has 0 aliphatic rings. The maximum Gasteiger partial charge on any atom is 0.364 e. The Morgan fingerprint density at radius 3 is 2.41 bits per heavy atom. The van der Waals surface area contributed by atoms with E-state index in [1.807, 2.05) is 0 Å². The van der Waals surface area contributed by atoms with Crippen LogP contribution in [0.15, 0.2) is 18.2 Å². The second-order valence-electron chi connectivity index (χ2n) is 3.24. The number of carbonyl (C=O) groups excluding carboxylic acids is 1. The third kappa shape index (κ3) is 3.10. The molecule has 0 radical (unpaired) electrons. The van der Waals surface area contributed by atoms with E-state index in [9.17, 15) is 22.4 Å². The number of rotatable bonds is 4. The van der Waals surface area contributed by atoms with Crippen LogP contribution in [0.4, 0.5) is 17.6 Å². The van der Waals surface area contributed by atoms with E-state index < -0.39 is 24.6 Å². The quantitative estimate of drug-likeness (QED) is 0.765. The van der Waals surface area contributed by atoms with E-state index >= 15 is 0 Å². The summed E-state index contributed by atoms with van der Waals surface area (Å²) in [4.78, 5) is 11.0. The number of alkyl halides is 4. The van der Waals surface area contributed by atoms with Crippen LogP contribution in [-0.2, 0) is 11.2 Å². The molecule has 94 valence electrons. The van der Waals surface area contributed by atoms with E-state index in [1.54, 1.807) is 0 Å². The van der Waals surface area contributed by atoms with Gasteiger partial charge in [0, 0.05) is 6.42 Å². The average molecular weight is 289 g/mol. The highest BCUT2D eigenvalue weighted by atomic mass is 35.5. The Labute approximate surface area is 104 Å². The van der Waals surface area contributed by atoms with Gasteiger partial charge in [0.2, 0.25) is 5.78 Å². The van der Waals surface area contributed by atoms with E-state index in [4.69, 9.17) is 23.2 Å². The van der Waals surface area contributed by atoms with Gasteiger partial charge in [-0.1, -0.05) is 35.3 Å². The fourth-order valence-corrected chi connectivity index (χ4v) is 1.48. The van der Waals surface area contributed by atoms with E-state index in [2.05, 4.69) is 0 Å². The molecular formula is C10H6Cl2F4O. The first-order valence-corrected chi connectivity index (χ1v) is 5.14. The molecule has 0 saturated carbocycles. The third-order valence-electron chi connectivity index (χ3n) is 2.03. The molecule has 17 heavy (non-hydrogen) atoms. The summed E-state index contributed by atoms with van der Waals surface area (Å²) >= 11 is 11.2. The summed E-state index contributed by atoms with van der Waals surface area (Å²) in [5.74, 6) is -6.57. The van der Waals surface area contributed by atoms with Crippen LogP contribution in [0.3, 0.4) is 0 Å². The monoisotopic (exact) mass is 288 g/mol. The molecule has 1 aromatic carbocycles. The molecule has 0 unspecified atom stereocenters. The molecule has 0 N–H and O–H groups in total. The van der Waals surface area contributed by atoms with Gasteiger partial charge >= 0.3 is 12.3 Å². The standard InChI is InChI=1S/C10H6Cl2F4O/c11-6-3-1-2-5(8(6)12)4-7(17)10(15,16)9(13)14/h1-3,9H,4H2. The highest BCUT2D eigenvalue weighted by Gasteiger charge is 2.48. The van der Waals surface area contributed by atoms with E-state index in [-0.39, 0.29) is 15.6 Å². The lowest BCUT2D eigenvalue weighted by molar-refractivity contribution is -0.166. The molecule has 0 aliphatic carbocycles. The molecule has 7 heteroatoms. The zero-order valence-electron chi connectivity index (χ0n) is 8.19. The third-order valence-corrected chi connectivity index (χ3v) is 2.89. The smallest absolute Gasteiger partial charge is 0.292 e. The Balaban J connectivity index is 2.93. The molecule has 1 nitrogen and oxygen atoms in total. The van der Waals surface area contributed by atoms with Crippen LogP contribution < -0.4 is 0 Å². The lowest BCUT2D eigenvalue weighted by Crippen LogP contribution is -2.37. The molecule has 0 saturated heterocycles. The fourth-order valence-electron chi connectivity index (χ4n) is 1.10. The van der Waals surface area contributed by atoms with Gasteiger partial charge in [0.1, 0.15) is 0 Å². The predicted octanol–water partition coefficient (Wildman–Crippen LogP) is 4.01. The summed E-state index contributed by atoms with van der Waals surface area (Å²) in [5, 5.41) is -0.0232. The highest BCUT2D eigenvalue weighted by molar-refractivity contribution is 6.42. The summed E-state index contributed by atoms with van der Waals surface area (Å²) in [6, 6.07) is 4.05. The predicted molar refractivity (Wildman–Crippen MR) is 56.1 cm³/mol. The summed E-state index contributed by atoms with van der Waals surface area (Å²) in [5.41, 5.74) is -0.00973. The first-order valence-electron chi connectivity index (χ1n) is 4.39. The number of halogens is 6. The Morgan fingerprint density at radius 2 is 1.88 bits per heavy atom. The van der Waals surface area contributed by atoms with Crippen LogP contribution in [0.5, 0.6) is 0 Å². The van der Waals surface area contributed by atoms with Gasteiger partial charge in [-0.2, -0.15) is 8.78 Å².